The summed E-state index contributed by atoms with van der Waals surface area (Å²) in [7, 11) is 0. The Kier molecular flexibility index (Phi) is 5.61. The molecule has 0 bridgehead atoms. The van der Waals surface area contributed by atoms with E-state index in [1.54, 1.807) is 6.92 Å². The molecule has 1 saturated heterocycles. The predicted octanol–water partition coefficient (Wildman–Crippen LogP) is 0.381. The Morgan fingerprint density at radius 2 is 1.82 bits per heavy atom. The first kappa shape index (κ1) is 17.0. The minimum absolute atomic E-state index is 0.191. The highest BCUT2D eigenvalue weighted by molar-refractivity contribution is 5.30. The van der Waals surface area contributed by atoms with Crippen molar-refractivity contribution in [2.75, 3.05) is 32.7 Å². The summed E-state index contributed by atoms with van der Waals surface area (Å²) in [6.45, 7) is 11.5. The minimum Gasteiger partial charge on any atom is -0.503 e. The molecule has 1 aliphatic rings. The first-order valence-electron chi connectivity index (χ1n) is 7.97. The number of aliphatic hydroxyl groups excluding tert-OH is 1. The molecule has 0 saturated carbocycles. The number of aromatic hydroxyl groups is 1. The van der Waals surface area contributed by atoms with Crippen LogP contribution in [0.3, 0.4) is 0 Å². The SMILES string of the molecule is CCN1CCN(Cc2c(O)c(=O)cc(C)n2CC(C)O)CC1. The fourth-order valence-corrected chi connectivity index (χ4v) is 2.97. The number of aliphatic hydroxyl groups is 1. The van der Waals surface area contributed by atoms with Crippen molar-refractivity contribution in [1.82, 2.24) is 14.4 Å². The van der Waals surface area contributed by atoms with E-state index in [4.69, 9.17) is 0 Å². The highest BCUT2D eigenvalue weighted by atomic mass is 16.3. The molecule has 2 rings (SSSR count). The molecule has 6 nitrogen and oxygen atoms in total. The topological polar surface area (TPSA) is 68.9 Å². The van der Waals surface area contributed by atoms with E-state index in [0.717, 1.165) is 38.4 Å². The molecule has 0 radical (unpaired) electrons. The van der Waals surface area contributed by atoms with E-state index in [1.807, 2.05) is 11.5 Å². The highest BCUT2D eigenvalue weighted by Gasteiger charge is 2.20. The van der Waals surface area contributed by atoms with Crippen LogP contribution in [-0.2, 0) is 13.1 Å². The number of hydrogen-bond acceptors (Lipinski definition) is 5. The van der Waals surface area contributed by atoms with Crippen molar-refractivity contribution in [3.8, 4) is 5.75 Å². The number of likely N-dealkylation sites (N-methyl/N-ethyl adjacent to an activating group) is 1. The fraction of sp³-hybridized carbons (Fsp3) is 0.688. The van der Waals surface area contributed by atoms with E-state index in [9.17, 15) is 15.0 Å². The standard InChI is InChI=1S/C16H27N3O3/c1-4-17-5-7-18(8-6-17)11-14-16(22)15(21)9-12(2)19(14)10-13(3)20/h9,13,20,22H,4-8,10-11H2,1-3H3. The first-order chi connectivity index (χ1) is 10.4. The molecule has 0 aliphatic carbocycles. The molecule has 1 unspecified atom stereocenters. The van der Waals surface area contributed by atoms with E-state index in [2.05, 4.69) is 16.7 Å². The molecular formula is C16H27N3O3. The summed E-state index contributed by atoms with van der Waals surface area (Å²) in [6, 6.07) is 1.43. The Hall–Kier alpha value is -1.37. The molecule has 1 aromatic heterocycles. The summed E-state index contributed by atoms with van der Waals surface area (Å²) in [6.07, 6.45) is -0.531. The highest BCUT2D eigenvalue weighted by Crippen LogP contribution is 2.18. The Balaban J connectivity index is 2.23. The Bertz CT molecular complexity index is 560. The molecule has 124 valence electrons. The molecule has 2 N–H and O–H groups in total. The smallest absolute Gasteiger partial charge is 0.223 e. The van der Waals surface area contributed by atoms with Gasteiger partial charge in [0.05, 0.1) is 11.8 Å². The molecule has 0 aromatic carbocycles. The second-order valence-corrected chi connectivity index (χ2v) is 6.12. The van der Waals surface area contributed by atoms with Crippen LogP contribution in [-0.4, -0.2) is 63.4 Å². The maximum atomic E-state index is 11.9. The third-order valence-electron chi connectivity index (χ3n) is 4.33. The van der Waals surface area contributed by atoms with Gasteiger partial charge in [-0.1, -0.05) is 6.92 Å². The van der Waals surface area contributed by atoms with E-state index in [0.29, 0.717) is 18.8 Å². The quantitative estimate of drug-likeness (QED) is 0.823. The van der Waals surface area contributed by atoms with E-state index < -0.39 is 6.10 Å². The summed E-state index contributed by atoms with van der Waals surface area (Å²) in [5.41, 5.74) is 1.03. The van der Waals surface area contributed by atoms with Gasteiger partial charge in [-0.15, -0.1) is 0 Å². The maximum Gasteiger partial charge on any atom is 0.223 e. The van der Waals surface area contributed by atoms with Crippen LogP contribution in [0.2, 0.25) is 0 Å². The van der Waals surface area contributed by atoms with Gasteiger partial charge in [-0.2, -0.15) is 0 Å². The molecule has 2 heterocycles. The summed E-state index contributed by atoms with van der Waals surface area (Å²) < 4.78 is 1.85. The molecule has 1 aliphatic heterocycles. The number of pyridine rings is 1. The first-order valence-corrected chi connectivity index (χ1v) is 7.97. The molecule has 0 spiro atoms. The van der Waals surface area contributed by atoms with Gasteiger partial charge in [0.1, 0.15) is 0 Å². The third kappa shape index (κ3) is 3.88. The zero-order chi connectivity index (χ0) is 16.3. The fourth-order valence-electron chi connectivity index (χ4n) is 2.97. The average Bonchev–Trinajstić information content (AvgIpc) is 2.48. The van der Waals surface area contributed by atoms with Gasteiger partial charge in [-0.25, -0.2) is 0 Å². The van der Waals surface area contributed by atoms with E-state index in [-0.39, 0.29) is 11.2 Å². The monoisotopic (exact) mass is 309 g/mol. The summed E-state index contributed by atoms with van der Waals surface area (Å²) >= 11 is 0. The van der Waals surface area contributed by atoms with Crippen LogP contribution >= 0.6 is 0 Å². The Morgan fingerprint density at radius 3 is 2.36 bits per heavy atom. The number of aryl methyl sites for hydroxylation is 1. The van der Waals surface area contributed by atoms with Crippen molar-refractivity contribution in [2.45, 2.75) is 40.0 Å². The molecular weight excluding hydrogens is 282 g/mol. The summed E-state index contributed by atoms with van der Waals surface area (Å²) in [5.74, 6) is -0.191. The van der Waals surface area contributed by atoms with E-state index in [1.165, 1.54) is 6.07 Å². The van der Waals surface area contributed by atoms with Crippen LogP contribution in [0.25, 0.3) is 0 Å². The molecule has 6 heteroatoms. The zero-order valence-corrected chi connectivity index (χ0v) is 13.7. The van der Waals surface area contributed by atoms with Gasteiger partial charge in [0, 0.05) is 51.0 Å². The average molecular weight is 309 g/mol. The van der Waals surface area contributed by atoms with Gasteiger partial charge in [-0.3, -0.25) is 9.69 Å². The van der Waals surface area contributed by atoms with Crippen LogP contribution in [0, 0.1) is 6.92 Å². The van der Waals surface area contributed by atoms with Crippen molar-refractivity contribution in [2.24, 2.45) is 0 Å². The second-order valence-electron chi connectivity index (χ2n) is 6.12. The molecule has 0 amide bonds. The van der Waals surface area contributed by atoms with Gasteiger partial charge < -0.3 is 19.7 Å². The molecule has 22 heavy (non-hydrogen) atoms. The van der Waals surface area contributed by atoms with Crippen LogP contribution in [0.1, 0.15) is 25.2 Å². The van der Waals surface area contributed by atoms with Gasteiger partial charge in [0.15, 0.2) is 5.75 Å². The lowest BCUT2D eigenvalue weighted by Gasteiger charge is -2.34. The lowest BCUT2D eigenvalue weighted by atomic mass is 10.2. The molecule has 1 atom stereocenters. The minimum atomic E-state index is -0.531. The Labute approximate surface area is 131 Å². The van der Waals surface area contributed by atoms with E-state index >= 15 is 0 Å². The predicted molar refractivity (Wildman–Crippen MR) is 86.2 cm³/mol. The van der Waals surface area contributed by atoms with Crippen LogP contribution in [0.15, 0.2) is 10.9 Å². The van der Waals surface area contributed by atoms with Crippen molar-refractivity contribution >= 4 is 0 Å². The molecule has 1 aromatic rings. The largest absolute Gasteiger partial charge is 0.503 e. The van der Waals surface area contributed by atoms with Crippen molar-refractivity contribution in [3.63, 3.8) is 0 Å². The number of piperazine rings is 1. The zero-order valence-electron chi connectivity index (χ0n) is 13.7. The van der Waals surface area contributed by atoms with Crippen molar-refractivity contribution < 1.29 is 10.2 Å². The van der Waals surface area contributed by atoms with Gasteiger partial charge in [-0.05, 0) is 20.4 Å². The van der Waals surface area contributed by atoms with Gasteiger partial charge >= 0.3 is 0 Å². The number of aromatic nitrogens is 1. The lowest BCUT2D eigenvalue weighted by molar-refractivity contribution is 0.125. The number of nitrogens with zero attached hydrogens (tertiary/aromatic N) is 3. The normalized spacial score (nSPS) is 18.5. The van der Waals surface area contributed by atoms with Crippen LogP contribution in [0.4, 0.5) is 0 Å². The summed E-state index contributed by atoms with van der Waals surface area (Å²) in [5, 5.41) is 19.9. The summed E-state index contributed by atoms with van der Waals surface area (Å²) in [4.78, 5) is 16.5. The van der Waals surface area contributed by atoms with Gasteiger partial charge in [0.2, 0.25) is 5.43 Å². The number of rotatable bonds is 5. The maximum absolute atomic E-state index is 11.9. The van der Waals surface area contributed by atoms with Crippen LogP contribution < -0.4 is 5.43 Å². The number of hydrogen-bond donors (Lipinski definition) is 2. The van der Waals surface area contributed by atoms with Gasteiger partial charge in [0.25, 0.3) is 0 Å². The van der Waals surface area contributed by atoms with Crippen LogP contribution in [0.5, 0.6) is 5.75 Å². The Morgan fingerprint density at radius 1 is 1.23 bits per heavy atom. The van der Waals surface area contributed by atoms with Crippen molar-refractivity contribution in [3.05, 3.63) is 27.7 Å². The second kappa shape index (κ2) is 7.26. The lowest BCUT2D eigenvalue weighted by Crippen LogP contribution is -2.46. The third-order valence-corrected chi connectivity index (χ3v) is 4.33. The molecule has 1 fully saturated rings. The van der Waals surface area contributed by atoms with Crippen molar-refractivity contribution in [1.29, 1.82) is 0 Å².